The summed E-state index contributed by atoms with van der Waals surface area (Å²) < 4.78 is 0. The van der Waals surface area contributed by atoms with Gasteiger partial charge in [-0.15, -0.1) is 0 Å². The van der Waals surface area contributed by atoms with Crippen LogP contribution >= 0.6 is 0 Å². The van der Waals surface area contributed by atoms with Crippen LogP contribution in [0.3, 0.4) is 0 Å². The van der Waals surface area contributed by atoms with Crippen LogP contribution in [0.1, 0.15) is 25.3 Å². The van der Waals surface area contributed by atoms with Gasteiger partial charge >= 0.3 is 0 Å². The van der Waals surface area contributed by atoms with E-state index in [1.165, 1.54) is 17.7 Å². The maximum Gasteiger partial charge on any atom is 0.0399 e. The molecule has 19 heavy (non-hydrogen) atoms. The number of rotatable bonds is 5. The fourth-order valence-electron chi connectivity index (χ4n) is 2.80. The molecular formula is C16H27N3. The number of hydrogen-bond acceptors (Lipinski definition) is 3. The Morgan fingerprint density at radius 2 is 2.11 bits per heavy atom. The summed E-state index contributed by atoms with van der Waals surface area (Å²) in [4.78, 5) is 4.85. The minimum Gasteiger partial charge on any atom is -0.370 e. The molecule has 1 heterocycles. The van der Waals surface area contributed by atoms with Gasteiger partial charge in [-0.05, 0) is 45.0 Å². The molecule has 0 saturated carbocycles. The molecule has 0 aromatic heterocycles. The van der Waals surface area contributed by atoms with Crippen LogP contribution in [0.15, 0.2) is 24.3 Å². The Balaban J connectivity index is 2.12. The summed E-state index contributed by atoms with van der Waals surface area (Å²) in [5.41, 5.74) is 8.91. The molecule has 3 nitrogen and oxygen atoms in total. The fraction of sp³-hybridized carbons (Fsp3) is 0.625. The Morgan fingerprint density at radius 3 is 2.74 bits per heavy atom. The predicted molar refractivity (Wildman–Crippen MR) is 82.7 cm³/mol. The molecule has 1 fully saturated rings. The Morgan fingerprint density at radius 1 is 1.37 bits per heavy atom. The highest BCUT2D eigenvalue weighted by atomic mass is 15.2. The Bertz CT molecular complexity index is 403. The van der Waals surface area contributed by atoms with Crippen LogP contribution < -0.4 is 10.6 Å². The van der Waals surface area contributed by atoms with Crippen molar-refractivity contribution in [3.63, 3.8) is 0 Å². The van der Waals surface area contributed by atoms with Gasteiger partial charge in [-0.25, -0.2) is 0 Å². The van der Waals surface area contributed by atoms with Gasteiger partial charge in [0, 0.05) is 30.9 Å². The largest absolute Gasteiger partial charge is 0.370 e. The van der Waals surface area contributed by atoms with E-state index in [1.807, 2.05) is 0 Å². The highest BCUT2D eigenvalue weighted by Crippen LogP contribution is 2.26. The molecule has 0 aliphatic carbocycles. The fourth-order valence-corrected chi connectivity index (χ4v) is 2.80. The van der Waals surface area contributed by atoms with Crippen LogP contribution in [0, 0.1) is 0 Å². The zero-order chi connectivity index (χ0) is 13.8. The van der Waals surface area contributed by atoms with E-state index in [4.69, 9.17) is 5.73 Å². The number of benzene rings is 1. The molecule has 3 heteroatoms. The molecule has 0 spiro atoms. The van der Waals surface area contributed by atoms with E-state index in [9.17, 15) is 0 Å². The Hall–Kier alpha value is -1.06. The van der Waals surface area contributed by atoms with E-state index in [1.54, 1.807) is 0 Å². The molecule has 1 saturated heterocycles. The molecule has 2 atom stereocenters. The summed E-state index contributed by atoms with van der Waals surface area (Å²) in [6, 6.07) is 9.69. The maximum atomic E-state index is 6.12. The second-order valence-corrected chi connectivity index (χ2v) is 5.85. The first-order valence-corrected chi connectivity index (χ1v) is 7.36. The lowest BCUT2D eigenvalue weighted by molar-refractivity contribution is 0.315. The number of para-hydroxylation sites is 1. The normalized spacial score (nSPS) is 21.1. The van der Waals surface area contributed by atoms with Crippen LogP contribution in [0.25, 0.3) is 0 Å². The smallest absolute Gasteiger partial charge is 0.0399 e. The third kappa shape index (κ3) is 3.48. The van der Waals surface area contributed by atoms with Gasteiger partial charge in [0.1, 0.15) is 0 Å². The highest BCUT2D eigenvalue weighted by molar-refractivity contribution is 5.55. The quantitative estimate of drug-likeness (QED) is 0.881. The summed E-state index contributed by atoms with van der Waals surface area (Å²) in [7, 11) is 4.35. The van der Waals surface area contributed by atoms with Gasteiger partial charge in [-0.2, -0.15) is 0 Å². The number of hydrogen-bond donors (Lipinski definition) is 1. The lowest BCUT2D eigenvalue weighted by Gasteiger charge is -2.24. The van der Waals surface area contributed by atoms with Gasteiger partial charge in [0.15, 0.2) is 0 Å². The van der Waals surface area contributed by atoms with Crippen LogP contribution in [0.5, 0.6) is 0 Å². The zero-order valence-electron chi connectivity index (χ0n) is 12.5. The second-order valence-electron chi connectivity index (χ2n) is 5.85. The standard InChI is InChI=1S/C16H27N3/c1-4-14(17)11-13-7-5-6-8-16(13)19-10-9-15(12-19)18(2)3/h5-8,14-15H,4,9-12,17H2,1-3H3. The minimum atomic E-state index is 0.272. The topological polar surface area (TPSA) is 32.5 Å². The molecule has 2 N–H and O–H groups in total. The molecular weight excluding hydrogens is 234 g/mol. The van der Waals surface area contributed by atoms with Crippen molar-refractivity contribution in [2.24, 2.45) is 5.73 Å². The van der Waals surface area contributed by atoms with Crippen molar-refractivity contribution in [1.29, 1.82) is 0 Å². The SMILES string of the molecule is CCC(N)Cc1ccccc1N1CCC(N(C)C)C1. The van der Waals surface area contributed by atoms with Gasteiger partial charge < -0.3 is 15.5 Å². The van der Waals surface area contributed by atoms with Gasteiger partial charge in [-0.1, -0.05) is 25.1 Å². The summed E-state index contributed by atoms with van der Waals surface area (Å²) in [5.74, 6) is 0. The van der Waals surface area contributed by atoms with E-state index in [2.05, 4.69) is 55.1 Å². The molecule has 1 aliphatic rings. The summed E-state index contributed by atoms with van der Waals surface area (Å²) >= 11 is 0. The number of anilines is 1. The van der Waals surface area contributed by atoms with Crippen molar-refractivity contribution in [1.82, 2.24) is 4.90 Å². The number of nitrogens with zero attached hydrogens (tertiary/aromatic N) is 2. The molecule has 0 radical (unpaired) electrons. The van der Waals surface area contributed by atoms with Crippen LogP contribution in [0.4, 0.5) is 5.69 Å². The van der Waals surface area contributed by atoms with E-state index in [0.29, 0.717) is 6.04 Å². The zero-order valence-corrected chi connectivity index (χ0v) is 12.5. The van der Waals surface area contributed by atoms with Crippen LogP contribution in [-0.2, 0) is 6.42 Å². The van der Waals surface area contributed by atoms with Crippen molar-refractivity contribution >= 4 is 5.69 Å². The highest BCUT2D eigenvalue weighted by Gasteiger charge is 2.25. The molecule has 1 aromatic rings. The Labute approximate surface area is 117 Å². The monoisotopic (exact) mass is 261 g/mol. The van der Waals surface area contributed by atoms with E-state index >= 15 is 0 Å². The first kappa shape index (κ1) is 14.4. The molecule has 2 unspecified atom stereocenters. The molecule has 2 rings (SSSR count). The average Bonchev–Trinajstić information content (AvgIpc) is 2.89. The van der Waals surface area contributed by atoms with E-state index in [-0.39, 0.29) is 6.04 Å². The van der Waals surface area contributed by atoms with Crippen molar-refractivity contribution in [3.05, 3.63) is 29.8 Å². The van der Waals surface area contributed by atoms with Crippen molar-refractivity contribution < 1.29 is 0 Å². The number of likely N-dealkylation sites (N-methyl/N-ethyl adjacent to an activating group) is 1. The van der Waals surface area contributed by atoms with E-state index < -0.39 is 0 Å². The van der Waals surface area contributed by atoms with Gasteiger partial charge in [0.05, 0.1) is 0 Å². The second kappa shape index (κ2) is 6.40. The van der Waals surface area contributed by atoms with Crippen molar-refractivity contribution in [2.75, 3.05) is 32.1 Å². The van der Waals surface area contributed by atoms with E-state index in [0.717, 1.165) is 25.9 Å². The van der Waals surface area contributed by atoms with Gasteiger partial charge in [-0.3, -0.25) is 0 Å². The third-order valence-electron chi connectivity index (χ3n) is 4.23. The lowest BCUT2D eigenvalue weighted by Crippen LogP contribution is -2.32. The molecule has 0 amide bonds. The first-order valence-electron chi connectivity index (χ1n) is 7.36. The van der Waals surface area contributed by atoms with Crippen molar-refractivity contribution in [3.8, 4) is 0 Å². The third-order valence-corrected chi connectivity index (χ3v) is 4.23. The lowest BCUT2D eigenvalue weighted by atomic mass is 10.0. The summed E-state index contributed by atoms with van der Waals surface area (Å²) in [6.45, 7) is 4.44. The van der Waals surface area contributed by atoms with Gasteiger partial charge in [0.25, 0.3) is 0 Å². The molecule has 106 valence electrons. The molecule has 1 aromatic carbocycles. The first-order chi connectivity index (χ1) is 9.11. The Kier molecular flexibility index (Phi) is 4.83. The van der Waals surface area contributed by atoms with Gasteiger partial charge in [0.2, 0.25) is 0 Å². The molecule has 0 bridgehead atoms. The summed E-state index contributed by atoms with van der Waals surface area (Å²) in [6.07, 6.45) is 3.27. The average molecular weight is 261 g/mol. The predicted octanol–water partition coefficient (Wildman–Crippen LogP) is 2.11. The van der Waals surface area contributed by atoms with Crippen molar-refractivity contribution in [2.45, 2.75) is 38.3 Å². The summed E-state index contributed by atoms with van der Waals surface area (Å²) in [5, 5.41) is 0. The van der Waals surface area contributed by atoms with Crippen LogP contribution in [0.2, 0.25) is 0 Å². The van der Waals surface area contributed by atoms with Crippen LogP contribution in [-0.4, -0.2) is 44.2 Å². The minimum absolute atomic E-state index is 0.272. The molecule has 1 aliphatic heterocycles. The number of nitrogens with two attached hydrogens (primary N) is 1. The maximum absolute atomic E-state index is 6.12.